The van der Waals surface area contributed by atoms with Gasteiger partial charge in [-0.15, -0.1) is 11.3 Å². The van der Waals surface area contributed by atoms with Crippen LogP contribution in [0.2, 0.25) is 0 Å². The van der Waals surface area contributed by atoms with Gasteiger partial charge in [0.1, 0.15) is 0 Å². The van der Waals surface area contributed by atoms with E-state index >= 15 is 0 Å². The molecule has 2 nitrogen and oxygen atoms in total. The zero-order valence-corrected chi connectivity index (χ0v) is 10.1. The first-order chi connectivity index (χ1) is 7.22. The van der Waals surface area contributed by atoms with E-state index in [4.69, 9.17) is 0 Å². The molecule has 2 heterocycles. The molecule has 2 unspecified atom stereocenters. The number of thiophene rings is 1. The lowest BCUT2D eigenvalue weighted by atomic mass is 9.92. The average molecular weight is 223 g/mol. The first kappa shape index (κ1) is 10.7. The second-order valence-corrected chi connectivity index (χ2v) is 5.44. The smallest absolute Gasteiger partial charge is 0.160 e. The van der Waals surface area contributed by atoms with Gasteiger partial charge in [-0.05, 0) is 37.8 Å². The molecular formula is C12H17NOS. The van der Waals surface area contributed by atoms with Crippen molar-refractivity contribution in [1.82, 2.24) is 0 Å². The van der Waals surface area contributed by atoms with Gasteiger partial charge in [0.05, 0.1) is 9.88 Å². The Morgan fingerprint density at radius 3 is 2.93 bits per heavy atom. The molecule has 0 spiro atoms. The van der Waals surface area contributed by atoms with Crippen LogP contribution in [-0.4, -0.2) is 18.9 Å². The van der Waals surface area contributed by atoms with Gasteiger partial charge in [0.15, 0.2) is 6.29 Å². The quantitative estimate of drug-likeness (QED) is 0.718. The van der Waals surface area contributed by atoms with Gasteiger partial charge in [0.2, 0.25) is 0 Å². The lowest BCUT2D eigenvalue weighted by Crippen LogP contribution is -2.41. The molecule has 1 aliphatic heterocycles. The predicted molar refractivity (Wildman–Crippen MR) is 64.9 cm³/mol. The Bertz CT molecular complexity index is 347. The van der Waals surface area contributed by atoms with Crippen LogP contribution >= 0.6 is 11.3 Å². The minimum atomic E-state index is 0.594. The monoisotopic (exact) mass is 223 g/mol. The number of rotatable bonds is 2. The highest BCUT2D eigenvalue weighted by atomic mass is 32.1. The Morgan fingerprint density at radius 2 is 2.27 bits per heavy atom. The molecule has 0 saturated carbocycles. The van der Waals surface area contributed by atoms with E-state index in [0.29, 0.717) is 6.04 Å². The van der Waals surface area contributed by atoms with Crippen LogP contribution in [0.4, 0.5) is 5.00 Å². The van der Waals surface area contributed by atoms with Crippen LogP contribution in [0, 0.1) is 5.92 Å². The summed E-state index contributed by atoms with van der Waals surface area (Å²) in [5, 5.41) is 1.25. The van der Waals surface area contributed by atoms with Gasteiger partial charge in [-0.25, -0.2) is 0 Å². The maximum Gasteiger partial charge on any atom is 0.160 e. The zero-order chi connectivity index (χ0) is 10.8. The summed E-state index contributed by atoms with van der Waals surface area (Å²) in [4.78, 5) is 13.9. The molecular weight excluding hydrogens is 206 g/mol. The average Bonchev–Trinajstić information content (AvgIpc) is 2.70. The van der Waals surface area contributed by atoms with Gasteiger partial charge in [0, 0.05) is 12.6 Å². The topological polar surface area (TPSA) is 20.3 Å². The molecule has 1 fully saturated rings. The van der Waals surface area contributed by atoms with Gasteiger partial charge < -0.3 is 4.90 Å². The van der Waals surface area contributed by atoms with Crippen LogP contribution in [0.15, 0.2) is 12.1 Å². The number of hydrogen-bond donors (Lipinski definition) is 0. The first-order valence-corrected chi connectivity index (χ1v) is 6.35. The molecule has 1 aromatic rings. The number of nitrogens with zero attached hydrogens (tertiary/aromatic N) is 1. The third-order valence-corrected chi connectivity index (χ3v) is 4.43. The summed E-state index contributed by atoms with van der Waals surface area (Å²) >= 11 is 1.60. The number of piperidine rings is 1. The summed E-state index contributed by atoms with van der Waals surface area (Å²) in [6.45, 7) is 5.72. The minimum absolute atomic E-state index is 0.594. The Hall–Kier alpha value is -0.830. The molecule has 1 saturated heterocycles. The molecule has 0 radical (unpaired) electrons. The highest BCUT2D eigenvalue weighted by Gasteiger charge is 2.25. The molecule has 0 amide bonds. The summed E-state index contributed by atoms with van der Waals surface area (Å²) in [5.41, 5.74) is 0. The van der Waals surface area contributed by atoms with Crippen molar-refractivity contribution in [2.45, 2.75) is 32.7 Å². The standard InChI is InChI=1S/C12H17NOS/c1-9-4-3-7-13(10(9)2)12-6-5-11(8-14)15-12/h5-6,8-10H,3-4,7H2,1-2H3. The number of aldehydes is 1. The third kappa shape index (κ3) is 2.07. The molecule has 15 heavy (non-hydrogen) atoms. The SMILES string of the molecule is CC1CCCN(c2ccc(C=O)s2)C1C. The fourth-order valence-corrected chi connectivity index (χ4v) is 3.14. The van der Waals surface area contributed by atoms with Gasteiger partial charge in [-0.3, -0.25) is 4.79 Å². The van der Waals surface area contributed by atoms with E-state index < -0.39 is 0 Å². The molecule has 0 aliphatic carbocycles. The van der Waals surface area contributed by atoms with E-state index in [0.717, 1.165) is 23.6 Å². The Morgan fingerprint density at radius 1 is 1.47 bits per heavy atom. The number of anilines is 1. The summed E-state index contributed by atoms with van der Waals surface area (Å²) in [5.74, 6) is 0.750. The number of carbonyl (C=O) groups is 1. The summed E-state index contributed by atoms with van der Waals surface area (Å²) < 4.78 is 0. The van der Waals surface area contributed by atoms with Crippen molar-refractivity contribution in [3.05, 3.63) is 17.0 Å². The van der Waals surface area contributed by atoms with Gasteiger partial charge in [-0.2, -0.15) is 0 Å². The van der Waals surface area contributed by atoms with E-state index in [2.05, 4.69) is 24.8 Å². The van der Waals surface area contributed by atoms with Crippen molar-refractivity contribution in [3.63, 3.8) is 0 Å². The normalized spacial score (nSPS) is 26.7. The third-order valence-electron chi connectivity index (χ3n) is 3.39. The van der Waals surface area contributed by atoms with E-state index in [1.54, 1.807) is 11.3 Å². The van der Waals surface area contributed by atoms with Crippen LogP contribution < -0.4 is 4.90 Å². The second kappa shape index (κ2) is 4.35. The van der Waals surface area contributed by atoms with Crippen LogP contribution in [0.5, 0.6) is 0 Å². The lowest BCUT2D eigenvalue weighted by Gasteiger charge is -2.38. The first-order valence-electron chi connectivity index (χ1n) is 5.54. The second-order valence-electron chi connectivity index (χ2n) is 4.35. The van der Waals surface area contributed by atoms with Gasteiger partial charge in [0.25, 0.3) is 0 Å². The molecule has 0 bridgehead atoms. The maximum absolute atomic E-state index is 10.6. The van der Waals surface area contributed by atoms with Crippen LogP contribution in [0.25, 0.3) is 0 Å². The van der Waals surface area contributed by atoms with Crippen LogP contribution in [0.1, 0.15) is 36.4 Å². The van der Waals surface area contributed by atoms with E-state index in [1.165, 1.54) is 17.8 Å². The molecule has 0 N–H and O–H groups in total. The minimum Gasteiger partial charge on any atom is -0.360 e. The largest absolute Gasteiger partial charge is 0.360 e. The fourth-order valence-electron chi connectivity index (χ4n) is 2.21. The van der Waals surface area contributed by atoms with Crippen molar-refractivity contribution in [2.75, 3.05) is 11.4 Å². The van der Waals surface area contributed by atoms with Crippen molar-refractivity contribution >= 4 is 22.6 Å². The number of hydrogen-bond acceptors (Lipinski definition) is 3. The Balaban J connectivity index is 2.18. The van der Waals surface area contributed by atoms with Crippen molar-refractivity contribution in [1.29, 1.82) is 0 Å². The highest BCUT2D eigenvalue weighted by Crippen LogP contribution is 2.32. The molecule has 1 aromatic heterocycles. The Kier molecular flexibility index (Phi) is 3.10. The molecule has 0 aromatic carbocycles. The van der Waals surface area contributed by atoms with Crippen molar-refractivity contribution in [2.24, 2.45) is 5.92 Å². The lowest BCUT2D eigenvalue weighted by molar-refractivity contribution is 0.112. The number of carbonyl (C=O) groups excluding carboxylic acids is 1. The van der Waals surface area contributed by atoms with Crippen molar-refractivity contribution in [3.8, 4) is 0 Å². The van der Waals surface area contributed by atoms with E-state index in [1.807, 2.05) is 6.07 Å². The predicted octanol–water partition coefficient (Wildman–Crippen LogP) is 3.19. The molecule has 3 heteroatoms. The fraction of sp³-hybridized carbons (Fsp3) is 0.583. The summed E-state index contributed by atoms with van der Waals surface area (Å²) in [6.07, 6.45) is 3.52. The Labute approximate surface area is 94.9 Å². The van der Waals surface area contributed by atoms with Crippen LogP contribution in [0.3, 0.4) is 0 Å². The molecule has 1 aliphatic rings. The van der Waals surface area contributed by atoms with E-state index in [-0.39, 0.29) is 0 Å². The molecule has 2 rings (SSSR count). The summed E-state index contributed by atoms with van der Waals surface area (Å²) in [6, 6.07) is 4.58. The summed E-state index contributed by atoms with van der Waals surface area (Å²) in [7, 11) is 0. The van der Waals surface area contributed by atoms with Gasteiger partial charge >= 0.3 is 0 Å². The van der Waals surface area contributed by atoms with Crippen molar-refractivity contribution < 1.29 is 4.79 Å². The van der Waals surface area contributed by atoms with Crippen LogP contribution in [-0.2, 0) is 0 Å². The zero-order valence-electron chi connectivity index (χ0n) is 9.27. The molecule has 82 valence electrons. The maximum atomic E-state index is 10.6. The highest BCUT2D eigenvalue weighted by molar-refractivity contribution is 7.17. The van der Waals surface area contributed by atoms with E-state index in [9.17, 15) is 4.79 Å². The molecule has 2 atom stereocenters. The van der Waals surface area contributed by atoms with Gasteiger partial charge in [-0.1, -0.05) is 6.92 Å².